The Kier molecular flexibility index (Phi) is 3.80. The van der Waals surface area contributed by atoms with Crippen molar-refractivity contribution in [2.45, 2.75) is 16.2 Å². The molecule has 0 saturated heterocycles. The number of carboxylic acids is 1. The monoisotopic (exact) mass is 330 g/mol. The van der Waals surface area contributed by atoms with Gasteiger partial charge in [-0.2, -0.15) is 0 Å². The molecule has 0 unspecified atom stereocenters. The van der Waals surface area contributed by atoms with Crippen LogP contribution in [0.15, 0.2) is 31.9 Å². The molecule has 4 nitrogen and oxygen atoms in total. The van der Waals surface area contributed by atoms with E-state index in [4.69, 9.17) is 5.11 Å². The molecule has 1 N–H and O–H groups in total. The summed E-state index contributed by atoms with van der Waals surface area (Å²) in [5, 5.41) is 17.7. The molecule has 0 radical (unpaired) electrons. The molecule has 0 saturated carbocycles. The Labute approximate surface area is 114 Å². The third-order valence-electron chi connectivity index (χ3n) is 1.83. The Hall–Kier alpha value is -0.920. The van der Waals surface area contributed by atoms with Gasteiger partial charge in [-0.1, -0.05) is 39.0 Å². The van der Waals surface area contributed by atoms with Gasteiger partial charge in [0.05, 0.1) is 5.56 Å². The number of benzene rings is 1. The van der Waals surface area contributed by atoms with E-state index >= 15 is 0 Å². The molecular weight excluding hydrogens is 324 g/mol. The zero-order chi connectivity index (χ0) is 12.4. The first kappa shape index (κ1) is 12.5. The number of hydrogen-bond donors (Lipinski definition) is 1. The molecule has 1 aromatic heterocycles. The third kappa shape index (κ3) is 3.27. The van der Waals surface area contributed by atoms with E-state index in [1.807, 2.05) is 13.0 Å². The standard InChI is InChI=1S/C10H7BrN2O2S2/c1-5-12-13-10(16-5)17-8-3-6(9(14)15)2-7(11)4-8/h2-4H,1H3,(H,14,15). The highest BCUT2D eigenvalue weighted by molar-refractivity contribution is 9.10. The Morgan fingerprint density at radius 1 is 1.41 bits per heavy atom. The Morgan fingerprint density at radius 3 is 2.76 bits per heavy atom. The van der Waals surface area contributed by atoms with E-state index in [-0.39, 0.29) is 5.56 Å². The minimum absolute atomic E-state index is 0.253. The second-order valence-electron chi connectivity index (χ2n) is 3.17. The van der Waals surface area contributed by atoms with Crippen molar-refractivity contribution in [2.24, 2.45) is 0 Å². The maximum atomic E-state index is 10.9. The van der Waals surface area contributed by atoms with Crippen LogP contribution >= 0.6 is 39.0 Å². The van der Waals surface area contributed by atoms with Gasteiger partial charge >= 0.3 is 5.97 Å². The second kappa shape index (κ2) is 5.16. The molecule has 0 aliphatic heterocycles. The number of carboxylic acid groups (broad SMARTS) is 1. The lowest BCUT2D eigenvalue weighted by atomic mass is 10.2. The summed E-state index contributed by atoms with van der Waals surface area (Å²) in [4.78, 5) is 11.7. The highest BCUT2D eigenvalue weighted by atomic mass is 79.9. The Bertz CT molecular complexity index is 571. The molecule has 0 spiro atoms. The SMILES string of the molecule is Cc1nnc(Sc2cc(Br)cc(C(=O)O)c2)s1. The highest BCUT2D eigenvalue weighted by Gasteiger charge is 2.09. The first-order valence-corrected chi connectivity index (χ1v) is 6.99. The fraction of sp³-hybridized carbons (Fsp3) is 0.100. The van der Waals surface area contributed by atoms with E-state index in [0.717, 1.165) is 18.7 Å². The van der Waals surface area contributed by atoms with E-state index in [9.17, 15) is 4.79 Å². The number of aromatic carboxylic acids is 1. The van der Waals surface area contributed by atoms with Gasteiger partial charge in [0.25, 0.3) is 0 Å². The average molecular weight is 331 g/mol. The van der Waals surface area contributed by atoms with Crippen LogP contribution in [0.3, 0.4) is 0 Å². The van der Waals surface area contributed by atoms with Gasteiger partial charge in [0, 0.05) is 9.37 Å². The molecular formula is C10H7BrN2O2S2. The van der Waals surface area contributed by atoms with E-state index in [1.165, 1.54) is 23.1 Å². The van der Waals surface area contributed by atoms with Gasteiger partial charge < -0.3 is 5.11 Å². The fourth-order valence-electron chi connectivity index (χ4n) is 1.17. The van der Waals surface area contributed by atoms with E-state index in [2.05, 4.69) is 26.1 Å². The minimum Gasteiger partial charge on any atom is -0.478 e. The van der Waals surface area contributed by atoms with E-state index in [0.29, 0.717) is 0 Å². The van der Waals surface area contributed by atoms with Crippen molar-refractivity contribution in [2.75, 3.05) is 0 Å². The van der Waals surface area contributed by atoms with Crippen molar-refractivity contribution in [3.05, 3.63) is 33.2 Å². The van der Waals surface area contributed by atoms with Crippen LogP contribution < -0.4 is 0 Å². The van der Waals surface area contributed by atoms with Crippen LogP contribution in [0, 0.1) is 6.92 Å². The van der Waals surface area contributed by atoms with Gasteiger partial charge in [0.15, 0.2) is 4.34 Å². The second-order valence-corrected chi connectivity index (χ2v) is 6.59. The molecule has 17 heavy (non-hydrogen) atoms. The minimum atomic E-state index is -0.943. The topological polar surface area (TPSA) is 63.1 Å². The normalized spacial score (nSPS) is 10.5. The quantitative estimate of drug-likeness (QED) is 0.933. The van der Waals surface area contributed by atoms with Crippen LogP contribution in [0.25, 0.3) is 0 Å². The molecule has 0 amide bonds. The number of aromatic nitrogens is 2. The van der Waals surface area contributed by atoms with Crippen molar-refractivity contribution in [1.29, 1.82) is 0 Å². The van der Waals surface area contributed by atoms with Crippen LogP contribution in [0.5, 0.6) is 0 Å². The summed E-state index contributed by atoms with van der Waals surface area (Å²) >= 11 is 6.18. The number of nitrogens with zero attached hydrogens (tertiary/aromatic N) is 2. The van der Waals surface area contributed by atoms with Gasteiger partial charge in [-0.15, -0.1) is 10.2 Å². The van der Waals surface area contributed by atoms with E-state index in [1.54, 1.807) is 12.1 Å². The van der Waals surface area contributed by atoms with Crippen molar-refractivity contribution >= 4 is 45.0 Å². The Morgan fingerprint density at radius 2 is 2.18 bits per heavy atom. The molecule has 0 atom stereocenters. The molecule has 1 heterocycles. The number of rotatable bonds is 3. The van der Waals surface area contributed by atoms with Crippen LogP contribution in [-0.2, 0) is 0 Å². The van der Waals surface area contributed by atoms with Gasteiger partial charge in [-0.25, -0.2) is 4.79 Å². The van der Waals surface area contributed by atoms with Crippen LogP contribution in [0.4, 0.5) is 0 Å². The lowest BCUT2D eigenvalue weighted by Gasteiger charge is -2.01. The molecule has 1 aromatic carbocycles. The number of halogens is 1. The first-order chi connectivity index (χ1) is 8.04. The zero-order valence-electron chi connectivity index (χ0n) is 8.68. The van der Waals surface area contributed by atoms with Gasteiger partial charge in [0.2, 0.25) is 0 Å². The highest BCUT2D eigenvalue weighted by Crippen LogP contribution is 2.32. The third-order valence-corrected chi connectivity index (χ3v) is 4.15. The van der Waals surface area contributed by atoms with Crippen molar-refractivity contribution in [3.63, 3.8) is 0 Å². The molecule has 0 aliphatic rings. The maximum absolute atomic E-state index is 10.9. The summed E-state index contributed by atoms with van der Waals surface area (Å²) in [6, 6.07) is 5.04. The molecule has 88 valence electrons. The zero-order valence-corrected chi connectivity index (χ0v) is 11.9. The molecule has 2 rings (SSSR count). The Balaban J connectivity index is 2.29. The molecule has 0 aliphatic carbocycles. The molecule has 0 bridgehead atoms. The molecule has 2 aromatic rings. The fourth-order valence-corrected chi connectivity index (χ4v) is 3.70. The first-order valence-electron chi connectivity index (χ1n) is 4.56. The van der Waals surface area contributed by atoms with Crippen molar-refractivity contribution in [1.82, 2.24) is 10.2 Å². The predicted molar refractivity (Wildman–Crippen MR) is 69.9 cm³/mol. The number of aryl methyl sites for hydroxylation is 1. The summed E-state index contributed by atoms with van der Waals surface area (Å²) in [5.41, 5.74) is 0.253. The van der Waals surface area contributed by atoms with Crippen LogP contribution in [0.1, 0.15) is 15.4 Å². The number of hydrogen-bond acceptors (Lipinski definition) is 5. The van der Waals surface area contributed by atoms with E-state index < -0.39 is 5.97 Å². The smallest absolute Gasteiger partial charge is 0.335 e. The maximum Gasteiger partial charge on any atom is 0.335 e. The summed E-state index contributed by atoms with van der Waals surface area (Å²) in [5.74, 6) is -0.943. The lowest BCUT2D eigenvalue weighted by Crippen LogP contribution is -1.95. The van der Waals surface area contributed by atoms with Crippen LogP contribution in [-0.4, -0.2) is 21.3 Å². The largest absolute Gasteiger partial charge is 0.478 e. The van der Waals surface area contributed by atoms with Crippen LogP contribution in [0.2, 0.25) is 0 Å². The summed E-state index contributed by atoms with van der Waals surface area (Å²) < 4.78 is 1.54. The molecule has 0 fully saturated rings. The predicted octanol–water partition coefficient (Wildman–Crippen LogP) is 3.46. The lowest BCUT2D eigenvalue weighted by molar-refractivity contribution is 0.0696. The van der Waals surface area contributed by atoms with Gasteiger partial charge in [-0.05, 0) is 25.1 Å². The van der Waals surface area contributed by atoms with Crippen molar-refractivity contribution < 1.29 is 9.90 Å². The summed E-state index contributed by atoms with van der Waals surface area (Å²) in [6.45, 7) is 1.88. The van der Waals surface area contributed by atoms with Gasteiger partial charge in [0.1, 0.15) is 5.01 Å². The van der Waals surface area contributed by atoms with Gasteiger partial charge in [-0.3, -0.25) is 0 Å². The summed E-state index contributed by atoms with van der Waals surface area (Å²) in [6.07, 6.45) is 0. The summed E-state index contributed by atoms with van der Waals surface area (Å²) in [7, 11) is 0. The molecule has 7 heteroatoms. The van der Waals surface area contributed by atoms with Crippen molar-refractivity contribution in [3.8, 4) is 0 Å². The number of carbonyl (C=O) groups is 1. The average Bonchev–Trinajstić information content (AvgIpc) is 2.63.